The molecule has 0 spiro atoms. The number of halogens is 1. The minimum Gasteiger partial charge on any atom is -0.323 e. The number of pyridine rings is 1. The molecule has 0 aliphatic carbocycles. The lowest BCUT2D eigenvalue weighted by Gasteiger charge is -2.16. The number of carbonyl (C=O) groups excluding carboxylic acids is 1. The highest BCUT2D eigenvalue weighted by atomic mass is 35.5. The van der Waals surface area contributed by atoms with Crippen LogP contribution in [0, 0.1) is 6.92 Å². The summed E-state index contributed by atoms with van der Waals surface area (Å²) in [7, 11) is 0. The molecule has 1 unspecified atom stereocenters. The molecular formula is C15H15ClN2O2. The predicted molar refractivity (Wildman–Crippen MR) is 80.2 cm³/mol. The quantitative estimate of drug-likeness (QED) is 0.945. The van der Waals surface area contributed by atoms with Crippen molar-refractivity contribution in [1.82, 2.24) is 4.57 Å². The van der Waals surface area contributed by atoms with E-state index in [1.807, 2.05) is 0 Å². The summed E-state index contributed by atoms with van der Waals surface area (Å²) in [6, 6.07) is 9.83. The van der Waals surface area contributed by atoms with Gasteiger partial charge < -0.3 is 9.88 Å². The molecule has 20 heavy (non-hydrogen) atoms. The van der Waals surface area contributed by atoms with Crippen molar-refractivity contribution in [2.24, 2.45) is 0 Å². The summed E-state index contributed by atoms with van der Waals surface area (Å²) in [5, 5.41) is 3.19. The van der Waals surface area contributed by atoms with Crippen molar-refractivity contribution in [2.45, 2.75) is 19.9 Å². The van der Waals surface area contributed by atoms with Crippen molar-refractivity contribution < 1.29 is 4.79 Å². The molecule has 4 nitrogen and oxygen atoms in total. The maximum atomic E-state index is 12.2. The van der Waals surface area contributed by atoms with Gasteiger partial charge in [-0.25, -0.2) is 0 Å². The molecule has 5 heteroatoms. The molecule has 0 radical (unpaired) electrons. The van der Waals surface area contributed by atoms with Crippen LogP contribution in [-0.4, -0.2) is 10.5 Å². The average Bonchev–Trinajstić information content (AvgIpc) is 2.43. The first-order valence-electron chi connectivity index (χ1n) is 6.24. The highest BCUT2D eigenvalue weighted by Crippen LogP contribution is 2.21. The Morgan fingerprint density at radius 1 is 1.25 bits per heavy atom. The first-order valence-corrected chi connectivity index (χ1v) is 6.61. The monoisotopic (exact) mass is 290 g/mol. The van der Waals surface area contributed by atoms with Crippen LogP contribution < -0.4 is 10.9 Å². The van der Waals surface area contributed by atoms with Crippen LogP contribution in [0.1, 0.15) is 18.5 Å². The maximum Gasteiger partial charge on any atom is 0.254 e. The second-order valence-electron chi connectivity index (χ2n) is 4.55. The molecule has 104 valence electrons. The normalized spacial score (nSPS) is 11.9. The van der Waals surface area contributed by atoms with Gasteiger partial charge in [-0.1, -0.05) is 29.8 Å². The van der Waals surface area contributed by atoms with E-state index in [0.717, 1.165) is 0 Å². The van der Waals surface area contributed by atoms with Gasteiger partial charge in [-0.2, -0.15) is 0 Å². The van der Waals surface area contributed by atoms with Gasteiger partial charge in [0, 0.05) is 11.8 Å². The molecular weight excluding hydrogens is 276 g/mol. The molecule has 0 saturated carbocycles. The zero-order valence-corrected chi connectivity index (χ0v) is 12.0. The summed E-state index contributed by atoms with van der Waals surface area (Å²) in [4.78, 5) is 24.2. The SMILES string of the molecule is Cc1cccn(C(C)C(=O)Nc2ccccc2Cl)c1=O. The van der Waals surface area contributed by atoms with Crippen LogP contribution in [0.3, 0.4) is 0 Å². The Morgan fingerprint density at radius 2 is 1.95 bits per heavy atom. The number of hydrogen-bond donors (Lipinski definition) is 1. The lowest BCUT2D eigenvalue weighted by atomic mass is 10.2. The highest BCUT2D eigenvalue weighted by molar-refractivity contribution is 6.33. The van der Waals surface area contributed by atoms with Crippen molar-refractivity contribution in [2.75, 3.05) is 5.32 Å². The third-order valence-electron chi connectivity index (χ3n) is 3.09. The minimum atomic E-state index is -0.612. The van der Waals surface area contributed by atoms with Crippen LogP contribution in [-0.2, 0) is 4.79 Å². The summed E-state index contributed by atoms with van der Waals surface area (Å²) in [6.45, 7) is 3.39. The summed E-state index contributed by atoms with van der Waals surface area (Å²) in [5.41, 5.74) is 0.964. The third-order valence-corrected chi connectivity index (χ3v) is 3.42. The Balaban J connectivity index is 2.24. The van der Waals surface area contributed by atoms with Crippen molar-refractivity contribution in [3.63, 3.8) is 0 Å². The van der Waals surface area contributed by atoms with Crippen molar-refractivity contribution in [3.8, 4) is 0 Å². The van der Waals surface area contributed by atoms with Crippen molar-refractivity contribution in [3.05, 3.63) is 63.5 Å². The van der Waals surface area contributed by atoms with Crippen LogP contribution in [0.2, 0.25) is 5.02 Å². The number of aryl methyl sites for hydroxylation is 1. The average molecular weight is 291 g/mol. The molecule has 1 aromatic carbocycles. The zero-order valence-electron chi connectivity index (χ0n) is 11.3. The number of nitrogens with one attached hydrogen (secondary N) is 1. The number of nitrogens with zero attached hydrogens (tertiary/aromatic N) is 1. The summed E-state index contributed by atoms with van der Waals surface area (Å²) in [6.07, 6.45) is 1.60. The van der Waals surface area contributed by atoms with E-state index in [4.69, 9.17) is 11.6 Å². The Hall–Kier alpha value is -2.07. The summed E-state index contributed by atoms with van der Waals surface area (Å²) < 4.78 is 1.40. The van der Waals surface area contributed by atoms with Gasteiger partial charge in [0.1, 0.15) is 6.04 Å². The van der Waals surface area contributed by atoms with Gasteiger partial charge >= 0.3 is 0 Å². The van der Waals surface area contributed by atoms with Gasteiger partial charge in [0.2, 0.25) is 5.91 Å². The molecule has 0 aliphatic rings. The maximum absolute atomic E-state index is 12.2. The molecule has 1 atom stereocenters. The number of benzene rings is 1. The van der Waals surface area contributed by atoms with Gasteiger partial charge in [-0.15, -0.1) is 0 Å². The van der Waals surface area contributed by atoms with E-state index in [2.05, 4.69) is 5.32 Å². The number of para-hydroxylation sites is 1. The van der Waals surface area contributed by atoms with E-state index < -0.39 is 6.04 Å². The lowest BCUT2D eigenvalue weighted by molar-refractivity contribution is -0.118. The van der Waals surface area contributed by atoms with Crippen LogP contribution in [0.4, 0.5) is 5.69 Å². The molecule has 0 bridgehead atoms. The second-order valence-corrected chi connectivity index (χ2v) is 4.96. The number of rotatable bonds is 3. The van der Waals surface area contributed by atoms with E-state index in [1.165, 1.54) is 4.57 Å². The largest absolute Gasteiger partial charge is 0.323 e. The topological polar surface area (TPSA) is 51.1 Å². The molecule has 2 rings (SSSR count). The lowest BCUT2D eigenvalue weighted by Crippen LogP contribution is -2.32. The van der Waals surface area contributed by atoms with Gasteiger partial charge in [0.05, 0.1) is 10.7 Å². The van der Waals surface area contributed by atoms with Crippen LogP contribution in [0.25, 0.3) is 0 Å². The van der Waals surface area contributed by atoms with Gasteiger partial charge in [-0.05, 0) is 32.0 Å². The first-order chi connectivity index (χ1) is 9.50. The fraction of sp³-hybridized carbons (Fsp3) is 0.200. The molecule has 1 heterocycles. The van der Waals surface area contributed by atoms with E-state index >= 15 is 0 Å². The molecule has 2 aromatic rings. The summed E-state index contributed by atoms with van der Waals surface area (Å²) >= 11 is 5.99. The molecule has 1 N–H and O–H groups in total. The number of carbonyl (C=O) groups is 1. The van der Waals surface area contributed by atoms with Crippen LogP contribution in [0.15, 0.2) is 47.4 Å². The highest BCUT2D eigenvalue weighted by Gasteiger charge is 2.17. The van der Waals surface area contributed by atoms with Crippen LogP contribution in [0.5, 0.6) is 0 Å². The molecule has 0 fully saturated rings. The zero-order chi connectivity index (χ0) is 14.7. The molecule has 1 aromatic heterocycles. The Labute approximate surface area is 122 Å². The third kappa shape index (κ3) is 2.91. The molecule has 0 saturated heterocycles. The van der Waals surface area contributed by atoms with Gasteiger partial charge in [-0.3, -0.25) is 9.59 Å². The van der Waals surface area contributed by atoms with Gasteiger partial charge in [0.25, 0.3) is 5.56 Å². The van der Waals surface area contributed by atoms with E-state index in [9.17, 15) is 9.59 Å². The first kappa shape index (κ1) is 14.3. The van der Waals surface area contributed by atoms with E-state index in [1.54, 1.807) is 56.4 Å². The van der Waals surface area contributed by atoms with E-state index in [0.29, 0.717) is 16.3 Å². The predicted octanol–water partition coefficient (Wildman–Crippen LogP) is 3.01. The smallest absolute Gasteiger partial charge is 0.254 e. The van der Waals surface area contributed by atoms with E-state index in [-0.39, 0.29) is 11.5 Å². The minimum absolute atomic E-state index is 0.172. The van der Waals surface area contributed by atoms with Crippen molar-refractivity contribution in [1.29, 1.82) is 0 Å². The Kier molecular flexibility index (Phi) is 4.25. The number of anilines is 1. The summed E-state index contributed by atoms with van der Waals surface area (Å²) in [5.74, 6) is -0.286. The Morgan fingerprint density at radius 3 is 2.65 bits per heavy atom. The number of hydrogen-bond acceptors (Lipinski definition) is 2. The second kappa shape index (κ2) is 5.92. The number of aromatic nitrogens is 1. The number of amides is 1. The van der Waals surface area contributed by atoms with Crippen molar-refractivity contribution >= 4 is 23.2 Å². The molecule has 0 aliphatic heterocycles. The van der Waals surface area contributed by atoms with Gasteiger partial charge in [0.15, 0.2) is 0 Å². The fourth-order valence-electron chi connectivity index (χ4n) is 1.85. The standard InChI is InChI=1S/C15H15ClN2O2/c1-10-6-5-9-18(15(10)20)11(2)14(19)17-13-8-4-3-7-12(13)16/h3-9,11H,1-2H3,(H,17,19). The molecule has 1 amide bonds. The van der Waals surface area contributed by atoms with Crippen LogP contribution >= 0.6 is 11.6 Å². The Bertz CT molecular complexity index is 694. The fourth-order valence-corrected chi connectivity index (χ4v) is 2.04.